The summed E-state index contributed by atoms with van der Waals surface area (Å²) in [7, 11) is 0. The average Bonchev–Trinajstić information content (AvgIpc) is 3.00. The number of ether oxygens (including phenoxy) is 1. The summed E-state index contributed by atoms with van der Waals surface area (Å²) in [6, 6.07) is 5.05. The van der Waals surface area contributed by atoms with Gasteiger partial charge in [-0.2, -0.15) is 0 Å². The first-order valence-corrected chi connectivity index (χ1v) is 8.90. The average molecular weight is 294 g/mol. The number of hydrogen-bond donors (Lipinski definition) is 1. The molecule has 2 fully saturated rings. The van der Waals surface area contributed by atoms with E-state index in [2.05, 4.69) is 27.7 Å². The van der Waals surface area contributed by atoms with Crippen LogP contribution in [0.3, 0.4) is 0 Å². The first-order chi connectivity index (χ1) is 9.93. The van der Waals surface area contributed by atoms with Crippen LogP contribution < -0.4 is 5.32 Å². The summed E-state index contributed by atoms with van der Waals surface area (Å²) in [5, 5.41) is 5.75. The van der Waals surface area contributed by atoms with Crippen molar-refractivity contribution in [3.63, 3.8) is 0 Å². The van der Waals surface area contributed by atoms with Gasteiger partial charge in [0.1, 0.15) is 0 Å². The van der Waals surface area contributed by atoms with Crippen molar-refractivity contribution in [1.82, 2.24) is 10.2 Å². The SMILES string of the molecule is c1csc(CCNCCN2CCOC3CCCCC32)c1. The molecule has 2 atom stereocenters. The summed E-state index contributed by atoms with van der Waals surface area (Å²) in [6.07, 6.45) is 7.02. The van der Waals surface area contributed by atoms with Gasteiger partial charge in [-0.15, -0.1) is 11.3 Å². The molecule has 0 radical (unpaired) electrons. The molecule has 1 aliphatic heterocycles. The van der Waals surface area contributed by atoms with Crippen molar-refractivity contribution in [2.45, 2.75) is 44.2 Å². The molecule has 1 saturated heterocycles. The van der Waals surface area contributed by atoms with Gasteiger partial charge in [0.05, 0.1) is 12.7 Å². The number of rotatable bonds is 6. The molecule has 112 valence electrons. The topological polar surface area (TPSA) is 24.5 Å². The Bertz CT molecular complexity index is 380. The molecule has 1 aromatic rings. The van der Waals surface area contributed by atoms with Crippen LogP contribution in [0.25, 0.3) is 0 Å². The number of thiophene rings is 1. The molecular formula is C16H26N2OS. The molecule has 1 N–H and O–H groups in total. The monoisotopic (exact) mass is 294 g/mol. The van der Waals surface area contributed by atoms with E-state index < -0.39 is 0 Å². The molecule has 1 saturated carbocycles. The van der Waals surface area contributed by atoms with Gasteiger partial charge in [-0.25, -0.2) is 0 Å². The number of nitrogens with zero attached hydrogens (tertiary/aromatic N) is 1. The van der Waals surface area contributed by atoms with Crippen LogP contribution in [-0.2, 0) is 11.2 Å². The molecule has 2 heterocycles. The number of fused-ring (bicyclic) bond motifs is 1. The summed E-state index contributed by atoms with van der Waals surface area (Å²) in [5.74, 6) is 0. The highest BCUT2D eigenvalue weighted by Crippen LogP contribution is 2.27. The Morgan fingerprint density at radius 2 is 2.25 bits per heavy atom. The molecular weight excluding hydrogens is 268 g/mol. The van der Waals surface area contributed by atoms with Gasteiger partial charge in [0.2, 0.25) is 0 Å². The van der Waals surface area contributed by atoms with E-state index in [1.54, 1.807) is 0 Å². The van der Waals surface area contributed by atoms with Gasteiger partial charge in [-0.3, -0.25) is 4.90 Å². The zero-order chi connectivity index (χ0) is 13.6. The van der Waals surface area contributed by atoms with Gasteiger partial charge >= 0.3 is 0 Å². The largest absolute Gasteiger partial charge is 0.375 e. The quantitative estimate of drug-likeness (QED) is 0.816. The van der Waals surface area contributed by atoms with Crippen LogP contribution in [0.2, 0.25) is 0 Å². The van der Waals surface area contributed by atoms with Crippen molar-refractivity contribution < 1.29 is 4.74 Å². The third-order valence-electron chi connectivity index (χ3n) is 4.55. The molecule has 0 spiro atoms. The van der Waals surface area contributed by atoms with E-state index in [4.69, 9.17) is 4.74 Å². The van der Waals surface area contributed by atoms with E-state index in [0.717, 1.165) is 32.7 Å². The van der Waals surface area contributed by atoms with Crippen LogP contribution >= 0.6 is 11.3 Å². The van der Waals surface area contributed by atoms with Crippen molar-refractivity contribution >= 4 is 11.3 Å². The van der Waals surface area contributed by atoms with Crippen LogP contribution in [0.15, 0.2) is 17.5 Å². The van der Waals surface area contributed by atoms with Gasteiger partial charge in [-0.05, 0) is 30.7 Å². The van der Waals surface area contributed by atoms with E-state index in [9.17, 15) is 0 Å². The van der Waals surface area contributed by atoms with E-state index in [-0.39, 0.29) is 0 Å². The van der Waals surface area contributed by atoms with Crippen molar-refractivity contribution in [3.05, 3.63) is 22.4 Å². The fourth-order valence-corrected chi connectivity index (χ4v) is 4.18. The highest BCUT2D eigenvalue weighted by Gasteiger charge is 2.33. The lowest BCUT2D eigenvalue weighted by atomic mass is 9.90. The van der Waals surface area contributed by atoms with E-state index in [1.807, 2.05) is 11.3 Å². The molecule has 3 nitrogen and oxygen atoms in total. The molecule has 4 heteroatoms. The van der Waals surface area contributed by atoms with Crippen LogP contribution in [0.4, 0.5) is 0 Å². The molecule has 3 rings (SSSR count). The normalized spacial score (nSPS) is 27.4. The highest BCUT2D eigenvalue weighted by molar-refractivity contribution is 7.09. The van der Waals surface area contributed by atoms with Crippen molar-refractivity contribution in [2.24, 2.45) is 0 Å². The Labute approximate surface area is 126 Å². The van der Waals surface area contributed by atoms with Gasteiger partial charge < -0.3 is 10.1 Å². The first kappa shape index (κ1) is 14.5. The maximum atomic E-state index is 5.93. The lowest BCUT2D eigenvalue weighted by Crippen LogP contribution is -2.54. The Hall–Kier alpha value is -0.420. The lowest BCUT2D eigenvalue weighted by Gasteiger charge is -2.43. The second-order valence-corrected chi connectivity index (χ2v) is 6.91. The minimum atomic E-state index is 0.517. The van der Waals surface area contributed by atoms with E-state index >= 15 is 0 Å². The maximum Gasteiger partial charge on any atom is 0.0730 e. The summed E-state index contributed by atoms with van der Waals surface area (Å²) >= 11 is 1.86. The Morgan fingerprint density at radius 3 is 3.15 bits per heavy atom. The number of hydrogen-bond acceptors (Lipinski definition) is 4. The third-order valence-corrected chi connectivity index (χ3v) is 5.49. The van der Waals surface area contributed by atoms with Crippen LogP contribution in [0.1, 0.15) is 30.6 Å². The summed E-state index contributed by atoms with van der Waals surface area (Å²) in [6.45, 7) is 5.42. The minimum Gasteiger partial charge on any atom is -0.375 e. The molecule has 1 aromatic heterocycles. The first-order valence-electron chi connectivity index (χ1n) is 8.02. The zero-order valence-electron chi connectivity index (χ0n) is 12.2. The number of morpholine rings is 1. The smallest absolute Gasteiger partial charge is 0.0730 e. The summed E-state index contributed by atoms with van der Waals surface area (Å²) in [5.41, 5.74) is 0. The molecule has 2 unspecified atom stereocenters. The van der Waals surface area contributed by atoms with E-state index in [0.29, 0.717) is 12.1 Å². The van der Waals surface area contributed by atoms with Gasteiger partial charge in [0.25, 0.3) is 0 Å². The molecule has 1 aliphatic carbocycles. The fourth-order valence-electron chi connectivity index (χ4n) is 3.47. The fraction of sp³-hybridized carbons (Fsp3) is 0.750. The van der Waals surface area contributed by atoms with Crippen LogP contribution in [0, 0.1) is 0 Å². The van der Waals surface area contributed by atoms with E-state index in [1.165, 1.54) is 37.1 Å². The molecule has 0 amide bonds. The molecule has 0 bridgehead atoms. The van der Waals surface area contributed by atoms with Crippen molar-refractivity contribution in [3.8, 4) is 0 Å². The molecule has 20 heavy (non-hydrogen) atoms. The van der Waals surface area contributed by atoms with Gasteiger partial charge in [-0.1, -0.05) is 18.9 Å². The van der Waals surface area contributed by atoms with Gasteiger partial charge in [0.15, 0.2) is 0 Å². The van der Waals surface area contributed by atoms with Crippen LogP contribution in [-0.4, -0.2) is 49.8 Å². The van der Waals surface area contributed by atoms with Crippen molar-refractivity contribution in [1.29, 1.82) is 0 Å². The second kappa shape index (κ2) is 7.55. The van der Waals surface area contributed by atoms with Crippen molar-refractivity contribution in [2.75, 3.05) is 32.8 Å². The third kappa shape index (κ3) is 3.82. The van der Waals surface area contributed by atoms with Crippen LogP contribution in [0.5, 0.6) is 0 Å². The Morgan fingerprint density at radius 1 is 1.30 bits per heavy atom. The molecule has 0 aromatic carbocycles. The predicted octanol–water partition coefficient (Wildman–Crippen LogP) is 2.52. The second-order valence-electron chi connectivity index (χ2n) is 5.88. The standard InChI is InChI=1S/C16H26N2OS/c1-2-6-16-15(5-1)18(11-12-19-16)10-9-17-8-7-14-4-3-13-20-14/h3-4,13,15-17H,1-2,5-12H2. The Balaban J connectivity index is 1.35. The minimum absolute atomic E-state index is 0.517. The summed E-state index contributed by atoms with van der Waals surface area (Å²) in [4.78, 5) is 4.14. The Kier molecular flexibility index (Phi) is 5.48. The lowest BCUT2D eigenvalue weighted by molar-refractivity contribution is -0.0873. The highest BCUT2D eigenvalue weighted by atomic mass is 32.1. The zero-order valence-corrected chi connectivity index (χ0v) is 13.0. The maximum absolute atomic E-state index is 5.93. The summed E-state index contributed by atoms with van der Waals surface area (Å²) < 4.78 is 5.93. The van der Waals surface area contributed by atoms with Gasteiger partial charge in [0, 0.05) is 37.1 Å². The predicted molar refractivity (Wildman–Crippen MR) is 84.5 cm³/mol. The number of nitrogens with one attached hydrogen (secondary N) is 1. The molecule has 2 aliphatic rings.